The summed E-state index contributed by atoms with van der Waals surface area (Å²) in [5.74, 6) is -3.67. The molecule has 0 atom stereocenters. The first-order valence-corrected chi connectivity index (χ1v) is 7.10. The van der Waals surface area contributed by atoms with Crippen molar-refractivity contribution in [1.29, 1.82) is 0 Å². The van der Waals surface area contributed by atoms with Gasteiger partial charge in [0.2, 0.25) is 0 Å². The molecule has 0 unspecified atom stereocenters. The summed E-state index contributed by atoms with van der Waals surface area (Å²) in [4.78, 5) is 0. The van der Waals surface area contributed by atoms with Gasteiger partial charge in [0.25, 0.3) is 5.92 Å². The zero-order chi connectivity index (χ0) is 17.3. The summed E-state index contributed by atoms with van der Waals surface area (Å²) in [5.41, 5.74) is -2.35. The maximum Gasteiger partial charge on any atom is 0.522 e. The van der Waals surface area contributed by atoms with Gasteiger partial charge in [-0.25, -0.2) is 8.78 Å². The molecule has 0 bridgehead atoms. The Morgan fingerprint density at radius 1 is 0.864 bits per heavy atom. The van der Waals surface area contributed by atoms with Gasteiger partial charge in [-0.1, -0.05) is 12.2 Å². The highest BCUT2D eigenvalue weighted by Gasteiger charge is 2.51. The molecule has 0 saturated heterocycles. The van der Waals surface area contributed by atoms with E-state index in [0.29, 0.717) is 12.8 Å². The van der Waals surface area contributed by atoms with E-state index < -0.39 is 30.9 Å². The van der Waals surface area contributed by atoms with E-state index in [9.17, 15) is 27.1 Å². The van der Waals surface area contributed by atoms with E-state index in [0.717, 1.165) is 0 Å². The first-order valence-electron chi connectivity index (χ1n) is 7.10. The third-order valence-electron chi connectivity index (χ3n) is 3.36. The van der Waals surface area contributed by atoms with Gasteiger partial charge in [0, 0.05) is 6.42 Å². The second-order valence-electron chi connectivity index (χ2n) is 5.14. The van der Waals surface area contributed by atoms with E-state index in [4.69, 9.17) is 0 Å². The van der Waals surface area contributed by atoms with Crippen molar-refractivity contribution < 1.29 is 31.8 Å². The molecular formula is C15H23F5O2. The van der Waals surface area contributed by atoms with Crippen LogP contribution < -0.4 is 0 Å². The zero-order valence-electron chi connectivity index (χ0n) is 12.5. The number of hydrogen-bond acceptors (Lipinski definition) is 2. The van der Waals surface area contributed by atoms with E-state index >= 15 is 0 Å². The molecule has 1 N–H and O–H groups in total. The van der Waals surface area contributed by atoms with Gasteiger partial charge in [-0.3, -0.25) is 4.74 Å². The molecule has 0 radical (unpaired) electrons. The smallest absolute Gasteiger partial charge is 0.384 e. The van der Waals surface area contributed by atoms with Crippen LogP contribution in [0.25, 0.3) is 0 Å². The number of allylic oxidation sites excluding steroid dienone is 2. The number of unbranched alkanes of at least 4 members (excludes halogenated alkanes) is 2. The van der Waals surface area contributed by atoms with Crippen molar-refractivity contribution in [1.82, 2.24) is 0 Å². The van der Waals surface area contributed by atoms with Crippen LogP contribution in [0.5, 0.6) is 0 Å². The molecule has 0 aromatic heterocycles. The van der Waals surface area contributed by atoms with Crippen molar-refractivity contribution in [3.8, 4) is 0 Å². The minimum absolute atomic E-state index is 0.213. The Kier molecular flexibility index (Phi) is 8.85. The molecule has 0 aliphatic rings. The first-order chi connectivity index (χ1) is 10.1. The average Bonchev–Trinajstić information content (AvgIpc) is 2.37. The van der Waals surface area contributed by atoms with Crippen molar-refractivity contribution >= 4 is 0 Å². The van der Waals surface area contributed by atoms with Crippen molar-refractivity contribution in [3.05, 3.63) is 25.3 Å². The Balaban J connectivity index is 4.76. The number of ether oxygens (including phenoxy) is 1. The van der Waals surface area contributed by atoms with Crippen molar-refractivity contribution in [2.24, 2.45) is 0 Å². The van der Waals surface area contributed by atoms with E-state index in [1.54, 1.807) is 0 Å². The quantitative estimate of drug-likeness (QED) is 0.310. The lowest BCUT2D eigenvalue weighted by atomic mass is 9.83. The highest BCUT2D eigenvalue weighted by atomic mass is 19.4. The lowest BCUT2D eigenvalue weighted by Crippen LogP contribution is -2.49. The predicted octanol–water partition coefficient (Wildman–Crippen LogP) is 4.99. The topological polar surface area (TPSA) is 29.5 Å². The van der Waals surface area contributed by atoms with Crippen molar-refractivity contribution in [2.75, 3.05) is 6.61 Å². The van der Waals surface area contributed by atoms with Gasteiger partial charge >= 0.3 is 6.36 Å². The van der Waals surface area contributed by atoms with E-state index in [2.05, 4.69) is 17.9 Å². The van der Waals surface area contributed by atoms with Crippen LogP contribution in [0.15, 0.2) is 25.3 Å². The van der Waals surface area contributed by atoms with Crippen molar-refractivity contribution in [2.45, 2.75) is 62.8 Å². The number of rotatable bonds is 12. The summed E-state index contributed by atoms with van der Waals surface area (Å²) >= 11 is 0. The first kappa shape index (κ1) is 21.0. The molecule has 0 heterocycles. The normalized spacial score (nSPS) is 13.2. The SMILES string of the molecule is C=CCCCC(O)(CCCC=C)C(F)(F)CCOC(F)(F)F. The molecule has 0 spiro atoms. The van der Waals surface area contributed by atoms with Gasteiger partial charge in [-0.15, -0.1) is 26.3 Å². The third-order valence-corrected chi connectivity index (χ3v) is 3.36. The van der Waals surface area contributed by atoms with Crippen LogP contribution in [0.2, 0.25) is 0 Å². The van der Waals surface area contributed by atoms with E-state index in [1.165, 1.54) is 12.2 Å². The maximum absolute atomic E-state index is 14.2. The molecule has 7 heteroatoms. The van der Waals surface area contributed by atoms with Crippen LogP contribution in [-0.2, 0) is 4.74 Å². The lowest BCUT2D eigenvalue weighted by Gasteiger charge is -2.36. The number of alkyl halides is 5. The molecule has 0 rings (SSSR count). The highest BCUT2D eigenvalue weighted by Crippen LogP contribution is 2.40. The molecule has 130 valence electrons. The van der Waals surface area contributed by atoms with Crippen LogP contribution in [0.4, 0.5) is 22.0 Å². The standard InChI is InChI=1S/C15H23F5O2/c1-3-5-7-9-13(21,10-8-6-4-2)14(16,17)11-12-22-15(18,19)20/h3-4,21H,1-2,5-12H2. The van der Waals surface area contributed by atoms with Gasteiger partial charge in [-0.2, -0.15) is 0 Å². The molecule has 2 nitrogen and oxygen atoms in total. The average molecular weight is 330 g/mol. The summed E-state index contributed by atoms with van der Waals surface area (Å²) in [6.07, 6.45) is -2.05. The third kappa shape index (κ3) is 7.89. The maximum atomic E-state index is 14.2. The minimum atomic E-state index is -4.96. The van der Waals surface area contributed by atoms with Crippen LogP contribution in [0.3, 0.4) is 0 Å². The molecule has 0 aromatic carbocycles. The zero-order valence-corrected chi connectivity index (χ0v) is 12.5. The molecule has 0 aromatic rings. The van der Waals surface area contributed by atoms with Gasteiger partial charge < -0.3 is 5.11 Å². The fourth-order valence-corrected chi connectivity index (χ4v) is 2.10. The lowest BCUT2D eigenvalue weighted by molar-refractivity contribution is -0.330. The molecule has 0 saturated carbocycles. The predicted molar refractivity (Wildman–Crippen MR) is 74.6 cm³/mol. The Labute approximate surface area is 127 Å². The Bertz CT molecular complexity index is 325. The summed E-state index contributed by atoms with van der Waals surface area (Å²) in [7, 11) is 0. The van der Waals surface area contributed by atoms with Crippen LogP contribution in [-0.4, -0.2) is 29.6 Å². The van der Waals surface area contributed by atoms with E-state index in [-0.39, 0.29) is 25.7 Å². The largest absolute Gasteiger partial charge is 0.522 e. The summed E-state index contributed by atoms with van der Waals surface area (Å²) < 4.78 is 67.3. The molecule has 0 fully saturated rings. The molecule has 22 heavy (non-hydrogen) atoms. The molecule has 0 aliphatic heterocycles. The van der Waals surface area contributed by atoms with Gasteiger partial charge in [0.05, 0.1) is 6.61 Å². The summed E-state index contributed by atoms with van der Waals surface area (Å²) in [6, 6.07) is 0. The van der Waals surface area contributed by atoms with Crippen LogP contribution in [0, 0.1) is 0 Å². The van der Waals surface area contributed by atoms with E-state index in [1.807, 2.05) is 0 Å². The second-order valence-corrected chi connectivity index (χ2v) is 5.14. The Hall–Kier alpha value is -0.950. The number of aliphatic hydroxyl groups is 1. The van der Waals surface area contributed by atoms with Crippen LogP contribution >= 0.6 is 0 Å². The highest BCUT2D eigenvalue weighted by molar-refractivity contribution is 4.94. The van der Waals surface area contributed by atoms with Crippen molar-refractivity contribution in [3.63, 3.8) is 0 Å². The molecular weight excluding hydrogens is 307 g/mol. The fourth-order valence-electron chi connectivity index (χ4n) is 2.10. The number of halogens is 5. The summed E-state index contributed by atoms with van der Waals surface area (Å²) in [5, 5.41) is 10.3. The Morgan fingerprint density at radius 2 is 1.32 bits per heavy atom. The van der Waals surface area contributed by atoms with Gasteiger partial charge in [-0.05, 0) is 38.5 Å². The second kappa shape index (κ2) is 9.25. The number of hydrogen-bond donors (Lipinski definition) is 1. The monoisotopic (exact) mass is 330 g/mol. The Morgan fingerprint density at radius 3 is 1.68 bits per heavy atom. The van der Waals surface area contributed by atoms with Crippen LogP contribution in [0.1, 0.15) is 44.9 Å². The van der Waals surface area contributed by atoms with Gasteiger partial charge in [0.15, 0.2) is 0 Å². The fraction of sp³-hybridized carbons (Fsp3) is 0.733. The summed E-state index contributed by atoms with van der Waals surface area (Å²) in [6.45, 7) is 5.74. The van der Waals surface area contributed by atoms with Gasteiger partial charge in [0.1, 0.15) is 5.60 Å². The molecule has 0 aliphatic carbocycles. The molecule has 0 amide bonds. The minimum Gasteiger partial charge on any atom is -0.384 e.